The summed E-state index contributed by atoms with van der Waals surface area (Å²) in [7, 11) is 1.81. The van der Waals surface area contributed by atoms with E-state index < -0.39 is 0 Å². The fourth-order valence-electron chi connectivity index (χ4n) is 1.86. The highest BCUT2D eigenvalue weighted by atomic mass is 16.2. The Balaban J connectivity index is 2.26. The van der Waals surface area contributed by atoms with E-state index in [9.17, 15) is 4.79 Å². The molecule has 1 heterocycles. The molecule has 88 valence electrons. The van der Waals surface area contributed by atoms with E-state index in [1.165, 1.54) is 12.8 Å². The minimum Gasteiger partial charge on any atom is -0.336 e. The van der Waals surface area contributed by atoms with Crippen molar-refractivity contribution in [3.05, 3.63) is 0 Å². The van der Waals surface area contributed by atoms with Gasteiger partial charge in [0.2, 0.25) is 0 Å². The maximum Gasteiger partial charge on any atom is 0.317 e. The highest BCUT2D eigenvalue weighted by molar-refractivity contribution is 5.73. The summed E-state index contributed by atoms with van der Waals surface area (Å²) >= 11 is 0. The number of amides is 2. The third-order valence-corrected chi connectivity index (χ3v) is 3.22. The Morgan fingerprint density at radius 2 is 2.33 bits per heavy atom. The maximum atomic E-state index is 11.5. The van der Waals surface area contributed by atoms with Crippen LogP contribution in [-0.4, -0.2) is 43.7 Å². The molecule has 4 heteroatoms. The van der Waals surface area contributed by atoms with Gasteiger partial charge < -0.3 is 15.5 Å². The second-order valence-electron chi connectivity index (χ2n) is 4.38. The summed E-state index contributed by atoms with van der Waals surface area (Å²) in [5.74, 6) is 0.658. The fraction of sp³-hybridized carbons (Fsp3) is 0.909. The zero-order valence-corrected chi connectivity index (χ0v) is 10.0. The van der Waals surface area contributed by atoms with Gasteiger partial charge in [-0.2, -0.15) is 0 Å². The van der Waals surface area contributed by atoms with Crippen LogP contribution in [-0.2, 0) is 0 Å². The summed E-state index contributed by atoms with van der Waals surface area (Å²) in [5, 5.41) is 6.41. The lowest BCUT2D eigenvalue weighted by Gasteiger charge is -2.30. The molecule has 0 aromatic heterocycles. The zero-order valence-electron chi connectivity index (χ0n) is 10.0. The molecular weight excluding hydrogens is 190 g/mol. The first-order valence-corrected chi connectivity index (χ1v) is 5.87. The fourth-order valence-corrected chi connectivity index (χ4v) is 1.86. The third-order valence-electron chi connectivity index (χ3n) is 3.22. The van der Waals surface area contributed by atoms with E-state index in [1.807, 2.05) is 14.0 Å². The van der Waals surface area contributed by atoms with Crippen LogP contribution < -0.4 is 10.6 Å². The number of urea groups is 1. The number of hydrogen-bond acceptors (Lipinski definition) is 2. The summed E-state index contributed by atoms with van der Waals surface area (Å²) in [6.45, 7) is 6.78. The van der Waals surface area contributed by atoms with Crippen LogP contribution in [0.2, 0.25) is 0 Å². The van der Waals surface area contributed by atoms with Crippen LogP contribution in [0, 0.1) is 5.92 Å². The molecule has 1 aliphatic rings. The van der Waals surface area contributed by atoms with E-state index in [0.717, 1.165) is 19.6 Å². The van der Waals surface area contributed by atoms with Crippen molar-refractivity contribution in [2.45, 2.75) is 32.7 Å². The molecule has 2 N–H and O–H groups in total. The molecule has 0 saturated carbocycles. The van der Waals surface area contributed by atoms with E-state index in [1.54, 1.807) is 4.90 Å². The van der Waals surface area contributed by atoms with E-state index in [-0.39, 0.29) is 6.03 Å². The SMILES string of the molecule is CCN(C)C(=O)NCC1NCCCC1C. The van der Waals surface area contributed by atoms with Gasteiger partial charge in [-0.05, 0) is 32.2 Å². The van der Waals surface area contributed by atoms with Gasteiger partial charge in [0.15, 0.2) is 0 Å². The van der Waals surface area contributed by atoms with Gasteiger partial charge in [-0.3, -0.25) is 0 Å². The van der Waals surface area contributed by atoms with Gasteiger partial charge in [0, 0.05) is 26.2 Å². The van der Waals surface area contributed by atoms with Crippen LogP contribution in [0.4, 0.5) is 4.79 Å². The highest BCUT2D eigenvalue weighted by Gasteiger charge is 2.21. The Labute approximate surface area is 92.4 Å². The molecule has 0 radical (unpaired) electrons. The van der Waals surface area contributed by atoms with Gasteiger partial charge in [0.05, 0.1) is 0 Å². The molecule has 1 fully saturated rings. The Hall–Kier alpha value is -0.770. The van der Waals surface area contributed by atoms with Gasteiger partial charge in [-0.25, -0.2) is 4.79 Å². The number of nitrogens with one attached hydrogen (secondary N) is 2. The predicted octanol–water partition coefficient (Wildman–Crippen LogP) is 1.04. The number of piperidine rings is 1. The first kappa shape index (κ1) is 12.3. The van der Waals surface area contributed by atoms with Crippen LogP contribution in [0.3, 0.4) is 0 Å². The molecule has 0 aromatic carbocycles. The minimum atomic E-state index is 0.0251. The van der Waals surface area contributed by atoms with Crippen molar-refractivity contribution in [3.63, 3.8) is 0 Å². The maximum absolute atomic E-state index is 11.5. The summed E-state index contributed by atoms with van der Waals surface area (Å²) < 4.78 is 0. The first-order chi connectivity index (χ1) is 7.15. The van der Waals surface area contributed by atoms with Gasteiger partial charge in [0.1, 0.15) is 0 Å². The Bertz CT molecular complexity index is 208. The minimum absolute atomic E-state index is 0.0251. The summed E-state index contributed by atoms with van der Waals surface area (Å²) in [6, 6.07) is 0.463. The molecule has 0 aromatic rings. The van der Waals surface area contributed by atoms with Crippen LogP contribution in [0.5, 0.6) is 0 Å². The summed E-state index contributed by atoms with van der Waals surface area (Å²) in [5.41, 5.74) is 0. The van der Waals surface area contributed by atoms with Crippen molar-refractivity contribution in [1.29, 1.82) is 0 Å². The molecule has 4 nitrogen and oxygen atoms in total. The lowest BCUT2D eigenvalue weighted by Crippen LogP contribution is -2.49. The standard InChI is InChI=1S/C11H23N3O/c1-4-14(3)11(15)13-8-10-9(2)6-5-7-12-10/h9-10,12H,4-8H2,1-3H3,(H,13,15). The second-order valence-corrected chi connectivity index (χ2v) is 4.38. The Morgan fingerprint density at radius 3 is 2.93 bits per heavy atom. The Morgan fingerprint density at radius 1 is 1.60 bits per heavy atom. The van der Waals surface area contributed by atoms with E-state index in [2.05, 4.69) is 17.6 Å². The normalized spacial score (nSPS) is 26.1. The topological polar surface area (TPSA) is 44.4 Å². The van der Waals surface area contributed by atoms with Crippen LogP contribution >= 0.6 is 0 Å². The lowest BCUT2D eigenvalue weighted by atomic mass is 9.93. The highest BCUT2D eigenvalue weighted by Crippen LogP contribution is 2.14. The van der Waals surface area contributed by atoms with Crippen molar-refractivity contribution in [2.24, 2.45) is 5.92 Å². The van der Waals surface area contributed by atoms with Crippen LogP contribution in [0.1, 0.15) is 26.7 Å². The second kappa shape index (κ2) is 5.95. The number of rotatable bonds is 3. The molecule has 1 rings (SSSR count). The van der Waals surface area contributed by atoms with Crippen molar-refractivity contribution < 1.29 is 4.79 Å². The molecule has 0 spiro atoms. The summed E-state index contributed by atoms with van der Waals surface area (Å²) in [4.78, 5) is 13.2. The third kappa shape index (κ3) is 3.70. The number of hydrogen-bond donors (Lipinski definition) is 2. The van der Waals surface area contributed by atoms with E-state index in [0.29, 0.717) is 12.0 Å². The first-order valence-electron chi connectivity index (χ1n) is 5.87. The van der Waals surface area contributed by atoms with Gasteiger partial charge in [-0.15, -0.1) is 0 Å². The van der Waals surface area contributed by atoms with Gasteiger partial charge >= 0.3 is 6.03 Å². The zero-order chi connectivity index (χ0) is 11.3. The molecule has 1 aliphatic heterocycles. The van der Waals surface area contributed by atoms with Crippen molar-refractivity contribution in [1.82, 2.24) is 15.5 Å². The molecule has 2 amide bonds. The van der Waals surface area contributed by atoms with Crippen LogP contribution in [0.15, 0.2) is 0 Å². The molecule has 2 unspecified atom stereocenters. The van der Waals surface area contributed by atoms with Crippen molar-refractivity contribution in [3.8, 4) is 0 Å². The van der Waals surface area contributed by atoms with Gasteiger partial charge in [0.25, 0.3) is 0 Å². The lowest BCUT2D eigenvalue weighted by molar-refractivity contribution is 0.205. The number of carbonyl (C=O) groups excluding carboxylic acids is 1. The largest absolute Gasteiger partial charge is 0.336 e. The average Bonchev–Trinajstić information content (AvgIpc) is 2.26. The quantitative estimate of drug-likeness (QED) is 0.735. The van der Waals surface area contributed by atoms with Crippen LogP contribution in [0.25, 0.3) is 0 Å². The number of nitrogens with zero attached hydrogens (tertiary/aromatic N) is 1. The average molecular weight is 213 g/mol. The van der Waals surface area contributed by atoms with Gasteiger partial charge in [-0.1, -0.05) is 6.92 Å². The molecular formula is C11H23N3O. The molecule has 0 bridgehead atoms. The molecule has 2 atom stereocenters. The smallest absolute Gasteiger partial charge is 0.317 e. The summed E-state index contributed by atoms with van der Waals surface area (Å²) in [6.07, 6.45) is 2.51. The Kier molecular flexibility index (Phi) is 4.88. The van der Waals surface area contributed by atoms with E-state index >= 15 is 0 Å². The number of carbonyl (C=O) groups is 1. The van der Waals surface area contributed by atoms with E-state index in [4.69, 9.17) is 0 Å². The predicted molar refractivity (Wildman–Crippen MR) is 61.9 cm³/mol. The van der Waals surface area contributed by atoms with Crippen molar-refractivity contribution >= 4 is 6.03 Å². The molecule has 15 heavy (non-hydrogen) atoms. The monoisotopic (exact) mass is 213 g/mol. The molecule has 1 saturated heterocycles. The molecule has 0 aliphatic carbocycles. The van der Waals surface area contributed by atoms with Crippen molar-refractivity contribution in [2.75, 3.05) is 26.7 Å².